The van der Waals surface area contributed by atoms with Crippen LogP contribution in [0.2, 0.25) is 0 Å². The van der Waals surface area contributed by atoms with Crippen molar-refractivity contribution in [3.8, 4) is 0 Å². The van der Waals surface area contributed by atoms with E-state index in [1.165, 1.54) is 34.4 Å². The molecule has 0 N–H and O–H groups in total. The Bertz CT molecular complexity index is 834. The summed E-state index contributed by atoms with van der Waals surface area (Å²) in [5.41, 5.74) is 0.993. The number of hydrogen-bond acceptors (Lipinski definition) is 5. The zero-order chi connectivity index (χ0) is 18.7. The minimum atomic E-state index is -3.49. The van der Waals surface area contributed by atoms with Gasteiger partial charge in [0, 0.05) is 37.6 Å². The summed E-state index contributed by atoms with van der Waals surface area (Å²) in [5, 5.41) is 0.822. The van der Waals surface area contributed by atoms with Crippen LogP contribution in [0, 0.1) is 5.82 Å². The Balaban J connectivity index is 1.69. The highest BCUT2D eigenvalue weighted by Crippen LogP contribution is 2.34. The minimum Gasteiger partial charge on any atom is -0.304 e. The second-order valence-corrected chi connectivity index (χ2v) is 9.65. The average Bonchev–Trinajstić information content (AvgIpc) is 2.63. The lowest BCUT2D eigenvalue weighted by Gasteiger charge is -2.31. The molecule has 1 unspecified atom stereocenters. The van der Waals surface area contributed by atoms with Crippen LogP contribution in [0.3, 0.4) is 0 Å². The lowest BCUT2D eigenvalue weighted by atomic mass is 10.2. The van der Waals surface area contributed by atoms with Crippen LogP contribution in [0.4, 0.5) is 4.39 Å². The third kappa shape index (κ3) is 4.43. The maximum atomic E-state index is 13.0. The second kappa shape index (κ2) is 8.04. The van der Waals surface area contributed by atoms with Gasteiger partial charge in [-0.1, -0.05) is 23.9 Å². The Hall–Kier alpha value is -1.48. The standard InChI is InChI=1S/C18H22FN3O2S2/c1-14(15-3-5-16(19)6-4-15)25-18-8-7-17(13-20-18)26(23,24)22-11-9-21(2)10-12-22/h3-8,13-14H,9-12H2,1-2H3. The number of likely N-dealkylation sites (N-methyl/N-ethyl adjacent to an activating group) is 1. The molecule has 3 rings (SSSR count). The predicted octanol–water partition coefficient (Wildman–Crippen LogP) is 3.01. The number of nitrogens with zero attached hydrogens (tertiary/aromatic N) is 3. The van der Waals surface area contributed by atoms with Crippen molar-refractivity contribution in [2.24, 2.45) is 0 Å². The minimum absolute atomic E-state index is 0.0863. The van der Waals surface area contributed by atoms with Gasteiger partial charge in [-0.25, -0.2) is 17.8 Å². The Morgan fingerprint density at radius 1 is 1.08 bits per heavy atom. The molecule has 1 aromatic carbocycles. The Morgan fingerprint density at radius 3 is 2.31 bits per heavy atom. The zero-order valence-corrected chi connectivity index (χ0v) is 16.4. The van der Waals surface area contributed by atoms with E-state index in [4.69, 9.17) is 0 Å². The fourth-order valence-corrected chi connectivity index (χ4v) is 5.03. The maximum Gasteiger partial charge on any atom is 0.244 e. The van der Waals surface area contributed by atoms with E-state index in [2.05, 4.69) is 9.88 Å². The second-order valence-electron chi connectivity index (χ2n) is 6.35. The molecular formula is C18H22FN3O2S2. The largest absolute Gasteiger partial charge is 0.304 e. The normalized spacial score (nSPS) is 18.0. The molecule has 5 nitrogen and oxygen atoms in total. The average molecular weight is 396 g/mol. The molecule has 0 spiro atoms. The first-order valence-electron chi connectivity index (χ1n) is 8.43. The predicted molar refractivity (Wildman–Crippen MR) is 101 cm³/mol. The monoisotopic (exact) mass is 395 g/mol. The first-order valence-corrected chi connectivity index (χ1v) is 10.7. The zero-order valence-electron chi connectivity index (χ0n) is 14.8. The number of piperazine rings is 1. The lowest BCUT2D eigenvalue weighted by Crippen LogP contribution is -2.47. The van der Waals surface area contributed by atoms with Gasteiger partial charge >= 0.3 is 0 Å². The quantitative estimate of drug-likeness (QED) is 0.729. The van der Waals surface area contributed by atoms with Gasteiger partial charge in [0.15, 0.2) is 0 Å². The first-order chi connectivity index (χ1) is 12.4. The van der Waals surface area contributed by atoms with E-state index in [-0.39, 0.29) is 16.0 Å². The first kappa shape index (κ1) is 19.3. The van der Waals surface area contributed by atoms with Gasteiger partial charge in [-0.15, -0.1) is 0 Å². The van der Waals surface area contributed by atoms with Gasteiger partial charge in [0.1, 0.15) is 10.7 Å². The van der Waals surface area contributed by atoms with E-state index >= 15 is 0 Å². The molecule has 1 aliphatic rings. The Labute approximate surface area is 158 Å². The molecule has 140 valence electrons. The van der Waals surface area contributed by atoms with Crippen LogP contribution in [0.1, 0.15) is 17.7 Å². The molecule has 8 heteroatoms. The van der Waals surface area contributed by atoms with Gasteiger partial charge in [0.2, 0.25) is 10.0 Å². The molecule has 1 aromatic heterocycles. The van der Waals surface area contributed by atoms with Crippen LogP contribution in [0.5, 0.6) is 0 Å². The van der Waals surface area contributed by atoms with Crippen molar-refractivity contribution in [2.45, 2.75) is 22.1 Å². The third-order valence-corrected chi connectivity index (χ3v) is 7.44. The molecule has 1 saturated heterocycles. The van der Waals surface area contributed by atoms with Crippen molar-refractivity contribution in [3.05, 3.63) is 54.0 Å². The van der Waals surface area contributed by atoms with Crippen LogP contribution in [0.15, 0.2) is 52.5 Å². The fraction of sp³-hybridized carbons (Fsp3) is 0.389. The van der Waals surface area contributed by atoms with Crippen molar-refractivity contribution in [3.63, 3.8) is 0 Å². The molecular weight excluding hydrogens is 373 g/mol. The summed E-state index contributed by atoms with van der Waals surface area (Å²) in [6.07, 6.45) is 1.42. The Morgan fingerprint density at radius 2 is 1.73 bits per heavy atom. The topological polar surface area (TPSA) is 53.5 Å². The number of aromatic nitrogens is 1. The van der Waals surface area contributed by atoms with Crippen molar-refractivity contribution in [2.75, 3.05) is 33.2 Å². The molecule has 26 heavy (non-hydrogen) atoms. The van der Waals surface area contributed by atoms with Crippen LogP contribution >= 0.6 is 11.8 Å². The van der Waals surface area contributed by atoms with Crippen molar-refractivity contribution >= 4 is 21.8 Å². The van der Waals surface area contributed by atoms with E-state index in [0.29, 0.717) is 13.1 Å². The summed E-state index contributed by atoms with van der Waals surface area (Å²) in [7, 11) is -1.51. The summed E-state index contributed by atoms with van der Waals surface area (Å²) >= 11 is 1.51. The molecule has 1 fully saturated rings. The molecule has 0 bridgehead atoms. The van der Waals surface area contributed by atoms with E-state index in [1.807, 2.05) is 14.0 Å². The lowest BCUT2D eigenvalue weighted by molar-refractivity contribution is 0.222. The van der Waals surface area contributed by atoms with Gasteiger partial charge < -0.3 is 4.90 Å². The van der Waals surface area contributed by atoms with E-state index < -0.39 is 10.0 Å². The highest BCUT2D eigenvalue weighted by Gasteiger charge is 2.27. The van der Waals surface area contributed by atoms with E-state index in [0.717, 1.165) is 23.7 Å². The summed E-state index contributed by atoms with van der Waals surface area (Å²) < 4.78 is 39.9. The van der Waals surface area contributed by atoms with Gasteiger partial charge in [-0.3, -0.25) is 0 Å². The summed E-state index contributed by atoms with van der Waals surface area (Å²) in [6.45, 7) is 4.47. The number of thioether (sulfide) groups is 1. The van der Waals surface area contributed by atoms with Gasteiger partial charge in [0.05, 0.1) is 5.03 Å². The van der Waals surface area contributed by atoms with Gasteiger partial charge in [-0.05, 0) is 43.8 Å². The number of pyridine rings is 1. The molecule has 1 aliphatic heterocycles. The molecule has 0 radical (unpaired) electrons. The van der Waals surface area contributed by atoms with Crippen LogP contribution in [-0.2, 0) is 10.0 Å². The highest BCUT2D eigenvalue weighted by atomic mass is 32.2. The Kier molecular flexibility index (Phi) is 5.96. The van der Waals surface area contributed by atoms with E-state index in [1.54, 1.807) is 24.3 Å². The van der Waals surface area contributed by atoms with Gasteiger partial charge in [-0.2, -0.15) is 4.31 Å². The highest BCUT2D eigenvalue weighted by molar-refractivity contribution is 7.99. The SMILES string of the molecule is CC(Sc1ccc(S(=O)(=O)N2CCN(C)CC2)cn1)c1ccc(F)cc1. The van der Waals surface area contributed by atoms with Gasteiger partial charge in [0.25, 0.3) is 0 Å². The fourth-order valence-electron chi connectivity index (χ4n) is 2.75. The summed E-state index contributed by atoms with van der Waals surface area (Å²) in [6, 6.07) is 9.71. The number of hydrogen-bond donors (Lipinski definition) is 0. The smallest absolute Gasteiger partial charge is 0.244 e. The van der Waals surface area contributed by atoms with Crippen LogP contribution in [0.25, 0.3) is 0 Å². The maximum absolute atomic E-state index is 13.0. The van der Waals surface area contributed by atoms with Crippen LogP contribution in [-0.4, -0.2) is 55.8 Å². The van der Waals surface area contributed by atoms with E-state index in [9.17, 15) is 12.8 Å². The molecule has 0 aliphatic carbocycles. The summed E-state index contributed by atoms with van der Waals surface area (Å²) in [4.78, 5) is 6.65. The number of halogens is 1. The third-order valence-electron chi connectivity index (χ3n) is 4.45. The van der Waals surface area contributed by atoms with Crippen molar-refractivity contribution < 1.29 is 12.8 Å². The molecule has 1 atom stereocenters. The number of rotatable bonds is 5. The molecule has 2 heterocycles. The molecule has 0 saturated carbocycles. The van der Waals surface area contributed by atoms with Crippen molar-refractivity contribution in [1.82, 2.24) is 14.2 Å². The number of benzene rings is 1. The molecule has 2 aromatic rings. The van der Waals surface area contributed by atoms with Crippen molar-refractivity contribution in [1.29, 1.82) is 0 Å². The summed E-state index contributed by atoms with van der Waals surface area (Å²) in [5.74, 6) is -0.262. The number of sulfonamides is 1. The molecule has 0 amide bonds. The van der Waals surface area contributed by atoms with Crippen LogP contribution < -0.4 is 0 Å².